The molecule has 2 heterocycles. The third-order valence-corrected chi connectivity index (χ3v) is 6.28. The Hall–Kier alpha value is -3.10. The summed E-state index contributed by atoms with van der Waals surface area (Å²) < 4.78 is 5.23. The Morgan fingerprint density at radius 3 is 2.38 bits per heavy atom. The second-order valence-corrected chi connectivity index (χ2v) is 8.43. The number of amides is 2. The molecular weight excluding hydrogens is 406 g/mol. The van der Waals surface area contributed by atoms with Crippen molar-refractivity contribution in [1.29, 1.82) is 0 Å². The van der Waals surface area contributed by atoms with E-state index in [4.69, 9.17) is 10.5 Å². The Balaban J connectivity index is 1.28. The molecule has 8 heteroatoms. The predicted molar refractivity (Wildman–Crippen MR) is 123 cm³/mol. The highest BCUT2D eigenvalue weighted by molar-refractivity contribution is 5.95. The molecule has 0 saturated carbocycles. The molecule has 2 fully saturated rings. The highest BCUT2D eigenvalue weighted by Gasteiger charge is 2.27. The van der Waals surface area contributed by atoms with Crippen LogP contribution in [0.2, 0.25) is 0 Å². The van der Waals surface area contributed by atoms with Crippen LogP contribution in [0, 0.1) is 5.92 Å². The quantitative estimate of drug-likeness (QED) is 0.548. The van der Waals surface area contributed by atoms with Gasteiger partial charge < -0.3 is 20.7 Å². The molecule has 2 aliphatic heterocycles. The lowest BCUT2D eigenvalue weighted by Gasteiger charge is -2.33. The Kier molecular flexibility index (Phi) is 6.92. The van der Waals surface area contributed by atoms with Gasteiger partial charge in [0.25, 0.3) is 5.91 Å². The van der Waals surface area contributed by atoms with Gasteiger partial charge in [-0.2, -0.15) is 0 Å². The summed E-state index contributed by atoms with van der Waals surface area (Å²) in [6, 6.07) is 15.6. The maximum atomic E-state index is 12.8. The Morgan fingerprint density at radius 1 is 1.06 bits per heavy atom. The van der Waals surface area contributed by atoms with Crippen LogP contribution in [0.15, 0.2) is 48.5 Å². The molecule has 0 radical (unpaired) electrons. The van der Waals surface area contributed by atoms with Crippen molar-refractivity contribution in [2.24, 2.45) is 11.7 Å². The molecule has 2 aromatic carbocycles. The van der Waals surface area contributed by atoms with Crippen LogP contribution in [0.3, 0.4) is 0 Å². The Bertz CT molecular complexity index is 924. The summed E-state index contributed by atoms with van der Waals surface area (Å²) in [6.45, 7) is 2.76. The number of piperidine rings is 1. The molecule has 2 aliphatic rings. The van der Waals surface area contributed by atoms with E-state index in [1.807, 2.05) is 36.4 Å². The van der Waals surface area contributed by atoms with E-state index in [-0.39, 0.29) is 24.0 Å². The van der Waals surface area contributed by atoms with E-state index in [2.05, 4.69) is 28.1 Å². The SMILES string of the molecule is COc1ccc(C2CNC(Nc3ccc(C(=O)N4CCCC(C(N)=O)C4)cc3)NC2)cc1. The van der Waals surface area contributed by atoms with Crippen LogP contribution < -0.4 is 26.4 Å². The van der Waals surface area contributed by atoms with Gasteiger partial charge in [0.05, 0.1) is 13.0 Å². The fourth-order valence-electron chi connectivity index (χ4n) is 4.33. The number of anilines is 1. The van der Waals surface area contributed by atoms with Crippen molar-refractivity contribution in [2.45, 2.75) is 25.0 Å². The molecule has 32 heavy (non-hydrogen) atoms. The van der Waals surface area contributed by atoms with Crippen molar-refractivity contribution in [1.82, 2.24) is 15.5 Å². The van der Waals surface area contributed by atoms with Crippen molar-refractivity contribution in [3.05, 3.63) is 59.7 Å². The number of carbonyl (C=O) groups excluding carboxylic acids is 2. The van der Waals surface area contributed by atoms with Crippen LogP contribution in [0.1, 0.15) is 34.7 Å². The van der Waals surface area contributed by atoms with Gasteiger partial charge in [0.1, 0.15) is 12.0 Å². The largest absolute Gasteiger partial charge is 0.497 e. The molecule has 2 saturated heterocycles. The summed E-state index contributed by atoms with van der Waals surface area (Å²) in [6.07, 6.45) is 1.50. The third-order valence-electron chi connectivity index (χ3n) is 6.28. The number of likely N-dealkylation sites (tertiary alicyclic amines) is 1. The van der Waals surface area contributed by atoms with E-state index in [0.29, 0.717) is 24.6 Å². The Morgan fingerprint density at radius 2 is 1.75 bits per heavy atom. The highest BCUT2D eigenvalue weighted by atomic mass is 16.5. The van der Waals surface area contributed by atoms with Crippen LogP contribution in [0.5, 0.6) is 5.75 Å². The first-order chi connectivity index (χ1) is 15.5. The Labute approximate surface area is 188 Å². The molecule has 8 nitrogen and oxygen atoms in total. The van der Waals surface area contributed by atoms with Crippen molar-refractivity contribution in [2.75, 3.05) is 38.6 Å². The van der Waals surface area contributed by atoms with Gasteiger partial charge in [0.2, 0.25) is 5.91 Å². The second-order valence-electron chi connectivity index (χ2n) is 8.43. The van der Waals surface area contributed by atoms with E-state index >= 15 is 0 Å². The van der Waals surface area contributed by atoms with Crippen LogP contribution in [-0.2, 0) is 4.79 Å². The van der Waals surface area contributed by atoms with Crippen molar-refractivity contribution in [3.63, 3.8) is 0 Å². The molecule has 0 spiro atoms. The number of hydrogen-bond donors (Lipinski definition) is 4. The average molecular weight is 438 g/mol. The minimum absolute atomic E-state index is 0.0514. The molecule has 0 aliphatic carbocycles. The minimum Gasteiger partial charge on any atom is -0.497 e. The molecule has 170 valence electrons. The van der Waals surface area contributed by atoms with Crippen LogP contribution >= 0.6 is 0 Å². The smallest absolute Gasteiger partial charge is 0.253 e. The summed E-state index contributed by atoms with van der Waals surface area (Å²) in [5.74, 6) is 0.606. The zero-order valence-corrected chi connectivity index (χ0v) is 18.3. The summed E-state index contributed by atoms with van der Waals surface area (Å²) in [5.41, 5.74) is 8.23. The van der Waals surface area contributed by atoms with Crippen molar-refractivity contribution >= 4 is 17.5 Å². The van der Waals surface area contributed by atoms with Gasteiger partial charge in [-0.15, -0.1) is 0 Å². The molecule has 4 rings (SSSR count). The lowest BCUT2D eigenvalue weighted by Crippen LogP contribution is -2.55. The predicted octanol–water partition coefficient (Wildman–Crippen LogP) is 1.70. The van der Waals surface area contributed by atoms with Gasteiger partial charge in [-0.05, 0) is 54.8 Å². The van der Waals surface area contributed by atoms with E-state index in [1.165, 1.54) is 5.56 Å². The molecule has 2 amide bonds. The molecule has 0 aromatic heterocycles. The summed E-state index contributed by atoms with van der Waals surface area (Å²) >= 11 is 0. The molecule has 0 bridgehead atoms. The zero-order valence-electron chi connectivity index (χ0n) is 18.3. The number of rotatable bonds is 6. The number of benzene rings is 2. The summed E-state index contributed by atoms with van der Waals surface area (Å²) in [5, 5.41) is 10.4. The van der Waals surface area contributed by atoms with Crippen LogP contribution in [-0.4, -0.2) is 56.3 Å². The van der Waals surface area contributed by atoms with Gasteiger partial charge in [-0.1, -0.05) is 12.1 Å². The van der Waals surface area contributed by atoms with Crippen LogP contribution in [0.25, 0.3) is 0 Å². The zero-order chi connectivity index (χ0) is 22.5. The first-order valence-electron chi connectivity index (χ1n) is 11.1. The lowest BCUT2D eigenvalue weighted by molar-refractivity contribution is -0.123. The van der Waals surface area contributed by atoms with E-state index in [1.54, 1.807) is 12.0 Å². The number of ether oxygens (including phenoxy) is 1. The second kappa shape index (κ2) is 10.0. The normalized spacial score (nSPS) is 23.4. The number of carbonyl (C=O) groups is 2. The van der Waals surface area contributed by atoms with Gasteiger partial charge in [0.15, 0.2) is 0 Å². The molecule has 1 atom stereocenters. The molecule has 5 N–H and O–H groups in total. The maximum absolute atomic E-state index is 12.8. The third kappa shape index (κ3) is 5.20. The molecular formula is C24H31N5O3. The number of hydrogen-bond acceptors (Lipinski definition) is 6. The van der Waals surface area contributed by atoms with Crippen molar-refractivity contribution < 1.29 is 14.3 Å². The number of methoxy groups -OCH3 is 1. The maximum Gasteiger partial charge on any atom is 0.253 e. The fraction of sp³-hybridized carbons (Fsp3) is 0.417. The van der Waals surface area contributed by atoms with Crippen LogP contribution in [0.4, 0.5) is 5.69 Å². The van der Waals surface area contributed by atoms with Gasteiger partial charge in [0, 0.05) is 43.3 Å². The average Bonchev–Trinajstić information content (AvgIpc) is 2.85. The van der Waals surface area contributed by atoms with Gasteiger partial charge in [-0.25, -0.2) is 0 Å². The first kappa shape index (κ1) is 22.1. The monoisotopic (exact) mass is 437 g/mol. The summed E-state index contributed by atoms with van der Waals surface area (Å²) in [7, 11) is 1.67. The van der Waals surface area contributed by atoms with Gasteiger partial charge >= 0.3 is 0 Å². The minimum atomic E-state index is -0.330. The summed E-state index contributed by atoms with van der Waals surface area (Å²) in [4.78, 5) is 26.0. The van der Waals surface area contributed by atoms with E-state index < -0.39 is 0 Å². The van der Waals surface area contributed by atoms with E-state index in [0.717, 1.165) is 37.4 Å². The van der Waals surface area contributed by atoms with Gasteiger partial charge in [-0.3, -0.25) is 20.2 Å². The highest BCUT2D eigenvalue weighted by Crippen LogP contribution is 2.22. The lowest BCUT2D eigenvalue weighted by atomic mass is 9.97. The van der Waals surface area contributed by atoms with E-state index in [9.17, 15) is 9.59 Å². The fourth-order valence-corrected chi connectivity index (χ4v) is 4.33. The number of primary amides is 1. The number of nitrogens with two attached hydrogens (primary N) is 1. The topological polar surface area (TPSA) is 109 Å². The first-order valence-corrected chi connectivity index (χ1v) is 11.1. The molecule has 1 unspecified atom stereocenters. The molecule has 2 aromatic rings. The number of nitrogens with one attached hydrogen (secondary N) is 3. The standard InChI is InChI=1S/C24H31N5O3/c1-32-21-10-6-16(7-11-21)19-13-26-24(27-14-19)28-20-8-4-17(5-9-20)23(31)29-12-2-3-18(15-29)22(25)30/h4-11,18-19,24,26-28H,2-3,12-15H2,1H3,(H2,25,30). The number of nitrogens with zero attached hydrogens (tertiary/aromatic N) is 1. The van der Waals surface area contributed by atoms with Crippen molar-refractivity contribution in [3.8, 4) is 5.75 Å².